The van der Waals surface area contributed by atoms with Gasteiger partial charge in [0, 0.05) is 243 Å². The molecule has 1 aliphatic rings. The third kappa shape index (κ3) is 39.6. The number of imidazole rings is 2. The van der Waals surface area contributed by atoms with E-state index in [0.717, 1.165) is 22.3 Å². The molecule has 9 rings (SSSR count). The first-order chi connectivity index (χ1) is 71.1. The predicted molar refractivity (Wildman–Crippen MR) is 551 cm³/mol. The number of nitrogens with one attached hydrogen (secondary N) is 16. The number of fused-ring (bicyclic) bond motifs is 2. The average molecular weight is 2120 g/mol. The SMILES string of the molecule is CC(=O)C(CNC(=O)c1cn(CCCNC(=O)CCC(=O)NCCCOCCCNC(=O)C(CCC(=O)NCCCOCCCNC(=O)CCC(=O)NCCCn2cc(C(=O)NCC(NS(=O)(=O)c3c(C)cc(C)cc3C)C(=O)O)c(=O)c3ccc(CNc4ncc[nH]4)cc32)NC(=O)CC2CN(CO)CCN(CC(=O)O)CCN(CC(=O)O)CCN2)c2cc(CNc3ncc[nH]3)ccc2c1=O)NS(=O)(=O)c1c(C)cc(C)cc1C. The van der Waals surface area contributed by atoms with Crippen LogP contribution < -0.4 is 84.1 Å². The van der Waals surface area contributed by atoms with E-state index in [9.17, 15) is 109 Å². The Morgan fingerprint density at radius 1 is 0.470 bits per heavy atom. The zero-order valence-electron chi connectivity index (χ0n) is 84.9. The number of hydrogen-bond donors (Lipinski definition) is 20. The summed E-state index contributed by atoms with van der Waals surface area (Å²) in [4.78, 5) is 217. The topological polar surface area (TPSA) is 669 Å². The molecule has 4 aromatic heterocycles. The Morgan fingerprint density at radius 3 is 1.26 bits per heavy atom. The van der Waals surface area contributed by atoms with Crippen molar-refractivity contribution in [1.29, 1.82) is 0 Å². The number of aliphatic hydroxyl groups is 1. The van der Waals surface area contributed by atoms with E-state index in [0.29, 0.717) is 90.4 Å². The lowest BCUT2D eigenvalue weighted by molar-refractivity contribution is -0.140. The van der Waals surface area contributed by atoms with Gasteiger partial charge < -0.3 is 113 Å². The number of aliphatic hydroxyl groups excluding tert-OH is 1. The molecule has 4 unspecified atom stereocenters. The van der Waals surface area contributed by atoms with E-state index >= 15 is 0 Å². The van der Waals surface area contributed by atoms with Crippen LogP contribution in [0.5, 0.6) is 0 Å². The Morgan fingerprint density at radius 2 is 0.859 bits per heavy atom. The number of pyridine rings is 2. The predicted octanol–water partition coefficient (Wildman–Crippen LogP) is 0.648. The largest absolute Gasteiger partial charge is 0.480 e. The fourth-order valence-corrected chi connectivity index (χ4v) is 20.4. The molecule has 9 amide bonds. The summed E-state index contributed by atoms with van der Waals surface area (Å²) in [6, 6.07) is 11.7. The fraction of sp³-hybridized carbons (Fsp3) is 0.505. The number of rotatable bonds is 62. The fourth-order valence-electron chi connectivity index (χ4n) is 17.0. The van der Waals surface area contributed by atoms with Crippen LogP contribution in [0.25, 0.3) is 21.8 Å². The normalized spacial score (nSPS) is 14.1. The molecule has 20 N–H and O–H groups in total. The molecule has 0 aliphatic carbocycles. The highest BCUT2D eigenvalue weighted by Crippen LogP contribution is 2.26. The minimum Gasteiger partial charge on any atom is -0.480 e. The number of carboxylic acid groups (broad SMARTS) is 3. The van der Waals surface area contributed by atoms with Gasteiger partial charge in [-0.3, -0.25) is 86.6 Å². The first kappa shape index (κ1) is 119. The third-order valence-electron chi connectivity index (χ3n) is 24.3. The van der Waals surface area contributed by atoms with E-state index in [1.165, 1.54) is 19.3 Å². The number of sulfonamides is 2. The van der Waals surface area contributed by atoms with Gasteiger partial charge in [-0.2, -0.15) is 9.44 Å². The maximum atomic E-state index is 14.1. The number of carbonyl (C=O) groups is 13. The number of nitrogens with zero attached hydrogens (tertiary/aromatic N) is 7. The number of amides is 9. The molecule has 4 aromatic carbocycles. The van der Waals surface area contributed by atoms with Crippen molar-refractivity contribution in [1.82, 2.24) is 106 Å². The molecule has 1 fully saturated rings. The van der Waals surface area contributed by atoms with Gasteiger partial charge in [0.15, 0.2) is 11.9 Å². The summed E-state index contributed by atoms with van der Waals surface area (Å²) >= 11 is 0. The molecular weight excluding hydrogens is 1980 g/mol. The number of Topliss-reactive ketones (excluding diaryl/α,β-unsaturated/α-hetero) is 1. The summed E-state index contributed by atoms with van der Waals surface area (Å²) in [5, 5.41) is 74.2. The van der Waals surface area contributed by atoms with Gasteiger partial charge in [0.2, 0.25) is 72.3 Å². The molecule has 4 atom stereocenters. The molecular formula is C99H139N23O25S2. The smallest absolute Gasteiger partial charge is 0.323 e. The van der Waals surface area contributed by atoms with Crippen molar-refractivity contribution >= 4 is 131 Å². The van der Waals surface area contributed by atoms with Gasteiger partial charge >= 0.3 is 17.9 Å². The van der Waals surface area contributed by atoms with Gasteiger partial charge in [0.1, 0.15) is 29.0 Å². The summed E-state index contributed by atoms with van der Waals surface area (Å²) in [5.74, 6) is -8.40. The highest BCUT2D eigenvalue weighted by molar-refractivity contribution is 7.90. The van der Waals surface area contributed by atoms with Crippen LogP contribution in [0.15, 0.2) is 117 Å². The molecule has 0 saturated carbocycles. The zero-order chi connectivity index (χ0) is 108. The van der Waals surface area contributed by atoms with Crippen LogP contribution in [-0.4, -0.2) is 326 Å². The quantitative estimate of drug-likeness (QED) is 0.0233. The van der Waals surface area contributed by atoms with Crippen LogP contribution in [0.2, 0.25) is 0 Å². The molecule has 5 heterocycles. The number of hydrogen-bond acceptors (Lipinski definition) is 30. The van der Waals surface area contributed by atoms with E-state index in [1.807, 2.05) is 6.92 Å². The summed E-state index contributed by atoms with van der Waals surface area (Å²) in [6.07, 6.45) is 10.1. The minimum atomic E-state index is -4.40. The Kier molecular flexibility index (Phi) is 47.8. The number of H-pyrrole nitrogens is 2. The van der Waals surface area contributed by atoms with Crippen molar-refractivity contribution in [3.05, 3.63) is 174 Å². The van der Waals surface area contributed by atoms with E-state index in [4.69, 9.17) is 9.47 Å². The summed E-state index contributed by atoms with van der Waals surface area (Å²) in [7, 11) is -8.65. The first-order valence-electron chi connectivity index (χ1n) is 49.4. The van der Waals surface area contributed by atoms with Crippen LogP contribution >= 0.6 is 0 Å². The standard InChI is InChI=1S/C99H139N23O25S2/c1-63-46-65(3)92(66(4)47-63)148(142,143)116-78(69(7)124)55-111-94(137)75-58-121(80-50-70(14-16-73(80)90(75)135)53-113-98-107-30-31-108-98)35-8-24-101-83(126)21-23-86(129)105-28-12-44-147-45-13-29-106-96(139)77(115-87(130)52-72-57-120(62-123)41-40-119(61-89(133)134)39-38-118(37-34-100-72)60-88(131)132)18-19-82(125)103-26-10-42-146-43-11-27-104-85(128)22-20-84(127)102-25-9-36-122-59-76(91(136)74-17-15-71(51-81(74)122)54-114-99-109-32-33-110-99)95(138)112-56-79(97(140)141)117-149(144,145)93-67(5)48-64(2)49-68(93)6/h14-17,30-33,46-51,58-59,72,77-79,100,116-117,123H,8-13,18-29,34-45,52-57,60-62H2,1-7H3,(H,101,126)(H,102,127)(H,103,125)(H,104,128)(H,105,129)(H,106,139)(H,111,137)(H,112,138)(H,115,130)(H,131,132)(H,133,134)(H,140,141)(H2,107,108,113)(H2,109,110,114). The van der Waals surface area contributed by atoms with Crippen LogP contribution in [-0.2, 0) is 108 Å². The Balaban J connectivity index is 0.684. The number of benzene rings is 4. The summed E-state index contributed by atoms with van der Waals surface area (Å²) in [5.41, 5.74) is 3.86. The molecule has 48 nitrogen and oxygen atoms in total. The molecule has 0 spiro atoms. The number of aryl methyl sites for hydroxylation is 8. The molecule has 1 saturated heterocycles. The first-order valence-corrected chi connectivity index (χ1v) is 52.4. The maximum Gasteiger partial charge on any atom is 0.323 e. The highest BCUT2D eigenvalue weighted by Gasteiger charge is 2.33. The van der Waals surface area contributed by atoms with E-state index < -0.39 is 146 Å². The van der Waals surface area contributed by atoms with Gasteiger partial charge in [-0.15, -0.1) is 0 Å². The number of carboxylic acids is 3. The highest BCUT2D eigenvalue weighted by atomic mass is 32.2. The third-order valence-corrected chi connectivity index (χ3v) is 27.9. The number of aromatic nitrogens is 6. The number of aliphatic carboxylic acids is 3. The van der Waals surface area contributed by atoms with E-state index in [2.05, 4.69) is 93.2 Å². The second kappa shape index (κ2) is 60.0. The zero-order valence-corrected chi connectivity index (χ0v) is 86.6. The van der Waals surface area contributed by atoms with Crippen molar-refractivity contribution in [2.45, 2.75) is 192 Å². The van der Waals surface area contributed by atoms with Crippen LogP contribution in [0.1, 0.15) is 156 Å². The van der Waals surface area contributed by atoms with Gasteiger partial charge in [-0.05, 0) is 151 Å². The van der Waals surface area contributed by atoms with Crippen LogP contribution in [0.3, 0.4) is 0 Å². The van der Waals surface area contributed by atoms with Crippen LogP contribution in [0, 0.1) is 41.5 Å². The molecule has 50 heteroatoms. The lowest BCUT2D eigenvalue weighted by Crippen LogP contribution is -2.52. The number of carbonyl (C=O) groups excluding carboxylic acids is 10. The van der Waals surface area contributed by atoms with E-state index in [1.54, 1.807) is 144 Å². The molecule has 1 aliphatic heterocycles. The molecule has 149 heavy (non-hydrogen) atoms. The lowest BCUT2D eigenvalue weighted by Gasteiger charge is -2.32. The van der Waals surface area contributed by atoms with Crippen molar-refractivity contribution in [3.8, 4) is 0 Å². The van der Waals surface area contributed by atoms with E-state index in [-0.39, 0.29) is 227 Å². The second-order valence-corrected chi connectivity index (χ2v) is 39.8. The molecule has 0 radical (unpaired) electrons. The maximum absolute atomic E-state index is 14.1. The molecule has 8 aromatic rings. The van der Waals surface area contributed by atoms with Crippen molar-refractivity contribution in [2.75, 3.05) is 155 Å². The average Bonchev–Trinajstić information content (AvgIpc) is 0.893. The number of anilines is 2. The lowest BCUT2D eigenvalue weighted by atomic mass is 10.1. The molecule has 0 bridgehead atoms. The van der Waals surface area contributed by atoms with Crippen molar-refractivity contribution in [3.63, 3.8) is 0 Å². The number of ether oxygens (including phenoxy) is 2. The van der Waals surface area contributed by atoms with Crippen LogP contribution in [0.4, 0.5) is 11.9 Å². The van der Waals surface area contributed by atoms with Gasteiger partial charge in [-0.25, -0.2) is 26.8 Å². The Hall–Kier alpha value is -13.8. The van der Waals surface area contributed by atoms with Gasteiger partial charge in [0.25, 0.3) is 11.8 Å². The van der Waals surface area contributed by atoms with Gasteiger partial charge in [0.05, 0.1) is 46.7 Å². The minimum absolute atomic E-state index is 0.00736. The summed E-state index contributed by atoms with van der Waals surface area (Å²) in [6.45, 7) is 13.1. The van der Waals surface area contributed by atoms with Crippen molar-refractivity contribution in [2.24, 2.45) is 0 Å². The molecule has 812 valence electrons. The van der Waals surface area contributed by atoms with Crippen molar-refractivity contribution < 1.29 is 109 Å². The second-order valence-electron chi connectivity index (χ2n) is 36.5. The summed E-state index contributed by atoms with van der Waals surface area (Å²) < 4.78 is 73.8. The Bertz CT molecular complexity index is 6280. The Labute approximate surface area is 862 Å². The monoisotopic (exact) mass is 2110 g/mol. The number of ketones is 1. The number of aromatic amines is 2. The van der Waals surface area contributed by atoms with Gasteiger partial charge in [-0.1, -0.05) is 47.5 Å².